The minimum atomic E-state index is -0.366. The molecule has 0 aliphatic carbocycles. The Morgan fingerprint density at radius 1 is 0.923 bits per heavy atom. The first-order chi connectivity index (χ1) is 12.7. The van der Waals surface area contributed by atoms with E-state index in [0.717, 1.165) is 27.8 Å². The number of aromatic nitrogens is 2. The van der Waals surface area contributed by atoms with Crippen molar-refractivity contribution in [1.29, 1.82) is 0 Å². The molecule has 0 spiro atoms. The zero-order chi connectivity index (χ0) is 18.1. The third-order valence-corrected chi connectivity index (χ3v) is 4.46. The van der Waals surface area contributed by atoms with Gasteiger partial charge in [-0.2, -0.15) is 0 Å². The van der Waals surface area contributed by atoms with Crippen molar-refractivity contribution in [2.45, 2.75) is 0 Å². The van der Waals surface area contributed by atoms with Gasteiger partial charge >= 0.3 is 0 Å². The predicted octanol–water partition coefficient (Wildman–Crippen LogP) is 5.76. The van der Waals surface area contributed by atoms with Gasteiger partial charge in [-0.3, -0.25) is 9.97 Å². The number of benzene rings is 2. The highest BCUT2D eigenvalue weighted by molar-refractivity contribution is 6.30. The zero-order valence-corrected chi connectivity index (χ0v) is 14.7. The fraction of sp³-hybridized carbons (Fsp3) is 0.0476. The molecule has 26 heavy (non-hydrogen) atoms. The molecule has 2 aromatic heterocycles. The standard InChI is InChI=1S/C21H14ClFN2O/c1-26-20-8-10-24-19-7-4-13(11-17(19)20)15-3-2-9-25-21(15)16-12-14(22)5-6-18(16)23/h2-12H,1H3. The maximum absolute atomic E-state index is 14.4. The summed E-state index contributed by atoms with van der Waals surface area (Å²) in [4.78, 5) is 8.76. The molecule has 5 heteroatoms. The van der Waals surface area contributed by atoms with Crippen LogP contribution in [0.2, 0.25) is 5.02 Å². The molecule has 2 heterocycles. The molecule has 2 aromatic carbocycles. The molecule has 3 nitrogen and oxygen atoms in total. The van der Waals surface area contributed by atoms with E-state index in [4.69, 9.17) is 16.3 Å². The number of pyridine rings is 2. The molecule has 0 atom stereocenters. The van der Waals surface area contributed by atoms with Crippen molar-refractivity contribution in [2.75, 3.05) is 7.11 Å². The molecular formula is C21H14ClFN2O. The smallest absolute Gasteiger partial charge is 0.132 e. The lowest BCUT2D eigenvalue weighted by Crippen LogP contribution is -1.93. The summed E-state index contributed by atoms with van der Waals surface area (Å²) in [7, 11) is 1.62. The molecule has 0 saturated heterocycles. The Balaban J connectivity index is 1.95. The fourth-order valence-corrected chi connectivity index (χ4v) is 3.17. The summed E-state index contributed by atoms with van der Waals surface area (Å²) < 4.78 is 19.8. The van der Waals surface area contributed by atoms with Gasteiger partial charge in [-0.1, -0.05) is 23.7 Å². The van der Waals surface area contributed by atoms with Crippen molar-refractivity contribution in [2.24, 2.45) is 0 Å². The van der Waals surface area contributed by atoms with Crippen molar-refractivity contribution in [3.05, 3.63) is 77.8 Å². The van der Waals surface area contributed by atoms with Crippen molar-refractivity contribution < 1.29 is 9.13 Å². The van der Waals surface area contributed by atoms with Gasteiger partial charge in [-0.25, -0.2) is 4.39 Å². The molecule has 0 radical (unpaired) electrons. The Morgan fingerprint density at radius 3 is 2.65 bits per heavy atom. The largest absolute Gasteiger partial charge is 0.496 e. The van der Waals surface area contributed by atoms with Crippen LogP contribution in [0.5, 0.6) is 5.75 Å². The van der Waals surface area contributed by atoms with Crippen molar-refractivity contribution in [3.8, 4) is 28.1 Å². The number of hydrogen-bond acceptors (Lipinski definition) is 3. The van der Waals surface area contributed by atoms with E-state index in [1.165, 1.54) is 12.1 Å². The molecule has 4 rings (SSSR count). The second-order valence-electron chi connectivity index (χ2n) is 5.77. The van der Waals surface area contributed by atoms with Crippen LogP contribution < -0.4 is 4.74 Å². The molecule has 0 aliphatic rings. The van der Waals surface area contributed by atoms with Crippen LogP contribution >= 0.6 is 11.6 Å². The molecule has 128 valence electrons. The van der Waals surface area contributed by atoms with E-state index in [0.29, 0.717) is 16.3 Å². The number of rotatable bonds is 3. The van der Waals surface area contributed by atoms with Crippen molar-refractivity contribution in [3.63, 3.8) is 0 Å². The average Bonchev–Trinajstić information content (AvgIpc) is 2.69. The zero-order valence-electron chi connectivity index (χ0n) is 13.9. The van der Waals surface area contributed by atoms with Crippen LogP contribution in [0.1, 0.15) is 0 Å². The van der Waals surface area contributed by atoms with Crippen LogP contribution in [0.15, 0.2) is 67.0 Å². The van der Waals surface area contributed by atoms with E-state index in [9.17, 15) is 4.39 Å². The van der Waals surface area contributed by atoms with Gasteiger partial charge in [0.05, 0.1) is 18.3 Å². The second kappa shape index (κ2) is 6.73. The highest BCUT2D eigenvalue weighted by atomic mass is 35.5. The minimum absolute atomic E-state index is 0.366. The summed E-state index contributed by atoms with van der Waals surface area (Å²) in [5, 5.41) is 1.34. The van der Waals surface area contributed by atoms with E-state index in [-0.39, 0.29) is 5.82 Å². The van der Waals surface area contributed by atoms with Crippen LogP contribution in [-0.2, 0) is 0 Å². The SMILES string of the molecule is COc1ccnc2ccc(-c3cccnc3-c3cc(Cl)ccc3F)cc12. The number of fused-ring (bicyclic) bond motifs is 1. The maximum Gasteiger partial charge on any atom is 0.132 e. The topological polar surface area (TPSA) is 35.0 Å². The number of halogens is 2. The van der Waals surface area contributed by atoms with E-state index in [2.05, 4.69) is 9.97 Å². The summed E-state index contributed by atoms with van der Waals surface area (Å²) in [5.41, 5.74) is 3.43. The molecule has 0 amide bonds. The number of methoxy groups -OCH3 is 1. The Hall–Kier alpha value is -2.98. The normalized spacial score (nSPS) is 10.9. The summed E-state index contributed by atoms with van der Waals surface area (Å²) in [6, 6.07) is 15.8. The molecule has 0 aliphatic heterocycles. The monoisotopic (exact) mass is 364 g/mol. The molecule has 0 fully saturated rings. The fourth-order valence-electron chi connectivity index (χ4n) is 3.00. The van der Waals surface area contributed by atoms with Crippen molar-refractivity contribution >= 4 is 22.5 Å². The van der Waals surface area contributed by atoms with Gasteiger partial charge < -0.3 is 4.74 Å². The van der Waals surface area contributed by atoms with Gasteiger partial charge in [0.1, 0.15) is 11.6 Å². The first-order valence-electron chi connectivity index (χ1n) is 8.01. The first kappa shape index (κ1) is 16.5. The van der Waals surface area contributed by atoms with Gasteiger partial charge in [0, 0.05) is 33.9 Å². The lowest BCUT2D eigenvalue weighted by atomic mass is 9.97. The number of nitrogens with zero attached hydrogens (tertiary/aromatic N) is 2. The van der Waals surface area contributed by atoms with Crippen molar-refractivity contribution in [1.82, 2.24) is 9.97 Å². The van der Waals surface area contributed by atoms with Crippen LogP contribution in [0, 0.1) is 5.82 Å². The van der Waals surface area contributed by atoms with E-state index >= 15 is 0 Å². The molecule has 0 bridgehead atoms. The highest BCUT2D eigenvalue weighted by Gasteiger charge is 2.14. The van der Waals surface area contributed by atoms with Crippen LogP contribution in [0.4, 0.5) is 4.39 Å². The van der Waals surface area contributed by atoms with Gasteiger partial charge in [-0.15, -0.1) is 0 Å². The third-order valence-electron chi connectivity index (χ3n) is 4.22. The highest BCUT2D eigenvalue weighted by Crippen LogP contribution is 2.35. The molecular weight excluding hydrogens is 351 g/mol. The minimum Gasteiger partial charge on any atom is -0.496 e. The van der Waals surface area contributed by atoms with Crippen LogP contribution in [-0.4, -0.2) is 17.1 Å². The maximum atomic E-state index is 14.4. The molecule has 0 saturated carbocycles. The van der Waals surface area contributed by atoms with E-state index < -0.39 is 0 Å². The Labute approximate surface area is 155 Å². The summed E-state index contributed by atoms with van der Waals surface area (Å²) in [5.74, 6) is 0.366. The predicted molar refractivity (Wildman–Crippen MR) is 102 cm³/mol. The quantitative estimate of drug-likeness (QED) is 0.463. The summed E-state index contributed by atoms with van der Waals surface area (Å²) >= 11 is 6.06. The lowest BCUT2D eigenvalue weighted by molar-refractivity contribution is 0.419. The summed E-state index contributed by atoms with van der Waals surface area (Å²) in [6.45, 7) is 0. The van der Waals surface area contributed by atoms with Gasteiger partial charge in [0.2, 0.25) is 0 Å². The second-order valence-corrected chi connectivity index (χ2v) is 6.21. The van der Waals surface area contributed by atoms with Gasteiger partial charge in [0.15, 0.2) is 0 Å². The summed E-state index contributed by atoms with van der Waals surface area (Å²) in [6.07, 6.45) is 3.35. The Kier molecular flexibility index (Phi) is 4.27. The molecule has 4 aromatic rings. The van der Waals surface area contributed by atoms with Crippen LogP contribution in [0.3, 0.4) is 0 Å². The lowest BCUT2D eigenvalue weighted by Gasteiger charge is -2.12. The van der Waals surface area contributed by atoms with Crippen LogP contribution in [0.25, 0.3) is 33.3 Å². The average molecular weight is 365 g/mol. The van der Waals surface area contributed by atoms with Gasteiger partial charge in [0.25, 0.3) is 0 Å². The van der Waals surface area contributed by atoms with Gasteiger partial charge in [-0.05, 0) is 48.0 Å². The Morgan fingerprint density at radius 2 is 1.81 bits per heavy atom. The van der Waals surface area contributed by atoms with E-state index in [1.54, 1.807) is 25.6 Å². The number of ether oxygens (including phenoxy) is 1. The first-order valence-corrected chi connectivity index (χ1v) is 8.39. The molecule has 0 N–H and O–H groups in total. The Bertz CT molecular complexity index is 1110. The third kappa shape index (κ3) is 2.89. The molecule has 0 unspecified atom stereocenters. The van der Waals surface area contributed by atoms with E-state index in [1.807, 2.05) is 36.4 Å². The number of hydrogen-bond donors (Lipinski definition) is 0.